The molecule has 0 spiro atoms. The predicted octanol–water partition coefficient (Wildman–Crippen LogP) is 22.5. The first-order valence-corrected chi connectivity index (χ1v) is 34.9. The summed E-state index contributed by atoms with van der Waals surface area (Å²) in [6.07, 6.45) is 87.6. The van der Waals surface area contributed by atoms with Crippen LogP contribution in [0.5, 0.6) is 0 Å². The molecule has 0 heterocycles. The van der Waals surface area contributed by atoms with Gasteiger partial charge in [0.05, 0.1) is 25.4 Å². The molecule has 0 aliphatic heterocycles. The van der Waals surface area contributed by atoms with Crippen molar-refractivity contribution in [3.63, 3.8) is 0 Å². The average molecular weight is 1090 g/mol. The molecular weight excluding hydrogens is 959 g/mol. The van der Waals surface area contributed by atoms with Gasteiger partial charge in [-0.05, 0) is 89.9 Å². The van der Waals surface area contributed by atoms with Crippen LogP contribution in [0.25, 0.3) is 0 Å². The number of aliphatic hydroxyl groups is 2. The van der Waals surface area contributed by atoms with Gasteiger partial charge in [-0.15, -0.1) is 0 Å². The van der Waals surface area contributed by atoms with Gasteiger partial charge in [0.2, 0.25) is 5.91 Å². The number of aliphatic hydroxyl groups excluding tert-OH is 2. The van der Waals surface area contributed by atoms with Gasteiger partial charge >= 0.3 is 5.97 Å². The Morgan fingerprint density at radius 3 is 1.01 bits per heavy atom. The van der Waals surface area contributed by atoms with Crippen molar-refractivity contribution in [2.24, 2.45) is 0 Å². The Labute approximate surface area is 486 Å². The zero-order chi connectivity index (χ0) is 56.4. The summed E-state index contributed by atoms with van der Waals surface area (Å²) in [5, 5.41) is 23.2. The van der Waals surface area contributed by atoms with E-state index in [4.69, 9.17) is 4.74 Å². The molecule has 6 nitrogen and oxygen atoms in total. The number of ether oxygens (including phenoxy) is 1. The zero-order valence-corrected chi connectivity index (χ0v) is 52.4. The molecule has 0 saturated carbocycles. The Hall–Kier alpha value is -2.18. The average Bonchev–Trinajstić information content (AvgIpc) is 3.44. The van der Waals surface area contributed by atoms with Crippen LogP contribution >= 0.6 is 0 Å². The Morgan fingerprint density at radius 2 is 0.641 bits per heavy atom. The highest BCUT2D eigenvalue weighted by Gasteiger charge is 2.18. The summed E-state index contributed by atoms with van der Waals surface area (Å²) in [6, 6.07) is -0.627. The number of hydrogen-bond acceptors (Lipinski definition) is 5. The molecule has 0 aromatic rings. The van der Waals surface area contributed by atoms with Crippen molar-refractivity contribution >= 4 is 11.9 Å². The third-order valence-electron chi connectivity index (χ3n) is 16.1. The molecule has 0 bridgehead atoms. The molecule has 3 N–H and O–H groups in total. The topological polar surface area (TPSA) is 95.9 Å². The maximum absolute atomic E-state index is 12.5. The third kappa shape index (κ3) is 63.0. The minimum absolute atomic E-state index is 0.00373. The molecule has 0 aromatic heterocycles. The van der Waals surface area contributed by atoms with E-state index in [2.05, 4.69) is 55.6 Å². The fourth-order valence-electron chi connectivity index (χ4n) is 10.7. The molecule has 0 aliphatic carbocycles. The predicted molar refractivity (Wildman–Crippen MR) is 342 cm³/mol. The van der Waals surface area contributed by atoms with Crippen LogP contribution in [0, 0.1) is 0 Å². The molecule has 458 valence electrons. The number of allylic oxidation sites excluding steroid dienone is 7. The van der Waals surface area contributed by atoms with Gasteiger partial charge in [0.15, 0.2) is 0 Å². The van der Waals surface area contributed by atoms with Crippen LogP contribution in [-0.4, -0.2) is 47.4 Å². The van der Waals surface area contributed by atoms with Crippen molar-refractivity contribution in [2.75, 3.05) is 13.2 Å². The molecular formula is C72H135NO5. The van der Waals surface area contributed by atoms with Crippen LogP contribution in [-0.2, 0) is 14.3 Å². The highest BCUT2D eigenvalue weighted by molar-refractivity contribution is 5.76. The summed E-state index contributed by atoms with van der Waals surface area (Å²) in [6.45, 7) is 4.90. The lowest BCUT2D eigenvalue weighted by atomic mass is 10.0. The minimum atomic E-state index is -0.844. The number of unbranched alkanes of at least 4 members (excludes halogenated alkanes) is 48. The maximum atomic E-state index is 12.5. The Kier molecular flexibility index (Phi) is 65.4. The standard InChI is InChI=1S/C72H135NO5/c1-3-5-7-9-11-13-15-17-18-38-41-44-48-52-56-60-64-70(75)69(68-74)73-71(76)65-61-57-53-49-45-42-39-36-34-32-30-28-26-24-22-20-19-21-23-25-27-29-31-33-35-37-40-43-47-51-55-59-63-67-78-72(77)66-62-58-54-50-46-16-14-12-10-8-6-4-2/h12,14,23,25,29,31,60,64,69-70,74-75H,3-11,13,15-22,24,26-28,30,32-59,61-63,65-68H2,1-2H3,(H,73,76)/b14-12-,25-23-,31-29-,64-60+. The largest absolute Gasteiger partial charge is 0.466 e. The number of nitrogens with one attached hydrogen (secondary N) is 1. The van der Waals surface area contributed by atoms with Crippen LogP contribution < -0.4 is 5.32 Å². The molecule has 0 radical (unpaired) electrons. The molecule has 0 aromatic carbocycles. The Bertz CT molecular complexity index is 1310. The number of amides is 1. The fraction of sp³-hybridized carbons (Fsp3) is 0.861. The van der Waals surface area contributed by atoms with Crippen LogP contribution in [0.2, 0.25) is 0 Å². The van der Waals surface area contributed by atoms with Gasteiger partial charge in [0.1, 0.15) is 0 Å². The highest BCUT2D eigenvalue weighted by atomic mass is 16.5. The second kappa shape index (κ2) is 67.3. The van der Waals surface area contributed by atoms with E-state index in [9.17, 15) is 19.8 Å². The number of hydrogen-bond donors (Lipinski definition) is 3. The molecule has 0 fully saturated rings. The van der Waals surface area contributed by atoms with Gasteiger partial charge in [0, 0.05) is 12.8 Å². The smallest absolute Gasteiger partial charge is 0.305 e. The normalized spacial score (nSPS) is 12.8. The van der Waals surface area contributed by atoms with Gasteiger partial charge in [-0.1, -0.05) is 319 Å². The van der Waals surface area contributed by atoms with Crippen molar-refractivity contribution in [3.8, 4) is 0 Å². The van der Waals surface area contributed by atoms with Crippen LogP contribution in [0.4, 0.5) is 0 Å². The van der Waals surface area contributed by atoms with E-state index in [0.29, 0.717) is 19.4 Å². The van der Waals surface area contributed by atoms with E-state index >= 15 is 0 Å². The fourth-order valence-corrected chi connectivity index (χ4v) is 10.7. The summed E-state index contributed by atoms with van der Waals surface area (Å²) in [5.41, 5.74) is 0. The Balaban J connectivity index is 3.40. The lowest BCUT2D eigenvalue weighted by Gasteiger charge is -2.20. The van der Waals surface area contributed by atoms with Crippen molar-refractivity contribution < 1.29 is 24.5 Å². The van der Waals surface area contributed by atoms with Crippen LogP contribution in [0.1, 0.15) is 373 Å². The van der Waals surface area contributed by atoms with Gasteiger partial charge in [-0.3, -0.25) is 9.59 Å². The molecule has 1 amide bonds. The number of esters is 1. The maximum Gasteiger partial charge on any atom is 0.305 e. The molecule has 0 saturated heterocycles. The van der Waals surface area contributed by atoms with Crippen molar-refractivity contribution in [3.05, 3.63) is 48.6 Å². The number of carbonyl (C=O) groups excluding carboxylic acids is 2. The summed E-state index contributed by atoms with van der Waals surface area (Å²) >= 11 is 0. The molecule has 2 unspecified atom stereocenters. The molecule has 0 aliphatic rings. The SMILES string of the molecule is CCCCC/C=C\CCCCCCCC(=O)OCCCCCCCCCCC/C=C\C/C=C\CCCCCCCCCCCCCCCCCCCC(=O)NC(CO)C(O)/C=C/CCCCCCCCCCCCCCCC. The van der Waals surface area contributed by atoms with E-state index in [1.807, 2.05) is 6.08 Å². The van der Waals surface area contributed by atoms with E-state index in [0.717, 1.165) is 51.4 Å². The lowest BCUT2D eigenvalue weighted by Crippen LogP contribution is -2.45. The first-order chi connectivity index (χ1) is 38.5. The van der Waals surface area contributed by atoms with Gasteiger partial charge in [0.25, 0.3) is 0 Å². The van der Waals surface area contributed by atoms with E-state index < -0.39 is 12.1 Å². The number of rotatable bonds is 65. The van der Waals surface area contributed by atoms with Crippen molar-refractivity contribution in [1.29, 1.82) is 0 Å². The second-order valence-electron chi connectivity index (χ2n) is 23.9. The minimum Gasteiger partial charge on any atom is -0.466 e. The van der Waals surface area contributed by atoms with Gasteiger partial charge in [-0.25, -0.2) is 0 Å². The molecule has 78 heavy (non-hydrogen) atoms. The van der Waals surface area contributed by atoms with E-state index in [-0.39, 0.29) is 18.5 Å². The van der Waals surface area contributed by atoms with Crippen LogP contribution in [0.3, 0.4) is 0 Å². The summed E-state index contributed by atoms with van der Waals surface area (Å²) in [4.78, 5) is 24.5. The monoisotopic (exact) mass is 1090 g/mol. The zero-order valence-electron chi connectivity index (χ0n) is 52.4. The van der Waals surface area contributed by atoms with Gasteiger partial charge in [-0.2, -0.15) is 0 Å². The summed E-state index contributed by atoms with van der Waals surface area (Å²) < 4.78 is 5.47. The molecule has 6 heteroatoms. The quantitative estimate of drug-likeness (QED) is 0.0320. The van der Waals surface area contributed by atoms with Crippen molar-refractivity contribution in [2.45, 2.75) is 386 Å². The first kappa shape index (κ1) is 75.8. The lowest BCUT2D eigenvalue weighted by molar-refractivity contribution is -0.143. The summed E-state index contributed by atoms with van der Waals surface area (Å²) in [7, 11) is 0. The van der Waals surface area contributed by atoms with Crippen molar-refractivity contribution in [1.82, 2.24) is 5.32 Å². The van der Waals surface area contributed by atoms with E-state index in [1.54, 1.807) is 6.08 Å². The van der Waals surface area contributed by atoms with Crippen LogP contribution in [0.15, 0.2) is 48.6 Å². The summed E-state index contributed by atoms with van der Waals surface area (Å²) in [5.74, 6) is -0.0603. The third-order valence-corrected chi connectivity index (χ3v) is 16.1. The Morgan fingerprint density at radius 1 is 0.359 bits per heavy atom. The second-order valence-corrected chi connectivity index (χ2v) is 23.9. The van der Waals surface area contributed by atoms with Gasteiger partial charge < -0.3 is 20.3 Å². The molecule has 0 rings (SSSR count). The van der Waals surface area contributed by atoms with E-state index in [1.165, 1.54) is 295 Å². The highest BCUT2D eigenvalue weighted by Crippen LogP contribution is 2.18. The molecule has 2 atom stereocenters. The number of carbonyl (C=O) groups is 2. The first-order valence-electron chi connectivity index (χ1n) is 34.9.